The molecule has 0 N–H and O–H groups in total. The summed E-state index contributed by atoms with van der Waals surface area (Å²) in [6, 6.07) is 9.02. The first-order valence-corrected chi connectivity index (χ1v) is 7.39. The Labute approximate surface area is 115 Å². The Bertz CT molecular complexity index is 496. The highest BCUT2D eigenvalue weighted by Crippen LogP contribution is 2.47. The van der Waals surface area contributed by atoms with Crippen molar-refractivity contribution in [2.45, 2.75) is 64.0 Å². The molecule has 19 heavy (non-hydrogen) atoms. The van der Waals surface area contributed by atoms with Gasteiger partial charge in [0.2, 0.25) is 5.91 Å². The number of likely N-dealkylation sites (tertiary alicyclic amines) is 1. The molecular weight excluding hydrogens is 234 g/mol. The Morgan fingerprint density at radius 1 is 1.05 bits per heavy atom. The summed E-state index contributed by atoms with van der Waals surface area (Å²) in [5.41, 5.74) is 2.79. The highest BCUT2D eigenvalue weighted by molar-refractivity contribution is 5.80. The number of carbonyl (C=O) groups excluding carboxylic acids is 1. The van der Waals surface area contributed by atoms with Crippen LogP contribution in [0.15, 0.2) is 24.3 Å². The summed E-state index contributed by atoms with van der Waals surface area (Å²) in [6.45, 7) is 6.43. The van der Waals surface area contributed by atoms with Gasteiger partial charge in [0.25, 0.3) is 0 Å². The van der Waals surface area contributed by atoms with Crippen molar-refractivity contribution < 1.29 is 4.79 Å². The van der Waals surface area contributed by atoms with Gasteiger partial charge in [-0.15, -0.1) is 0 Å². The number of amides is 1. The van der Waals surface area contributed by atoms with Crippen LogP contribution in [0.2, 0.25) is 0 Å². The summed E-state index contributed by atoms with van der Waals surface area (Å²) in [6.07, 6.45) is 4.29. The van der Waals surface area contributed by atoms with E-state index in [0.29, 0.717) is 12.3 Å². The number of hydrogen-bond donors (Lipinski definition) is 0. The van der Waals surface area contributed by atoms with Crippen molar-refractivity contribution in [3.63, 3.8) is 0 Å². The van der Waals surface area contributed by atoms with E-state index >= 15 is 0 Å². The summed E-state index contributed by atoms with van der Waals surface area (Å²) in [7, 11) is 0. The second-order valence-electron chi connectivity index (χ2n) is 6.89. The average molecular weight is 257 g/mol. The number of rotatable bonds is 2. The van der Waals surface area contributed by atoms with Gasteiger partial charge in [-0.2, -0.15) is 0 Å². The number of nitrogens with zero attached hydrogens (tertiary/aromatic N) is 1. The van der Waals surface area contributed by atoms with Crippen LogP contribution in [0.1, 0.15) is 69.5 Å². The lowest BCUT2D eigenvalue weighted by Crippen LogP contribution is -2.43. The van der Waals surface area contributed by atoms with Crippen molar-refractivity contribution >= 4 is 5.91 Å². The lowest BCUT2D eigenvalue weighted by atomic mass is 9.93. The third-order valence-electron chi connectivity index (χ3n) is 4.31. The molecule has 0 radical (unpaired) electrons. The maximum absolute atomic E-state index is 12.2. The Hall–Kier alpha value is -1.31. The van der Waals surface area contributed by atoms with E-state index in [9.17, 15) is 4.79 Å². The Kier molecular flexibility index (Phi) is 2.92. The van der Waals surface area contributed by atoms with Crippen LogP contribution >= 0.6 is 0 Å². The zero-order valence-electron chi connectivity index (χ0n) is 12.1. The largest absolute Gasteiger partial charge is 0.331 e. The molecule has 1 saturated heterocycles. The van der Waals surface area contributed by atoms with Gasteiger partial charge in [0.05, 0.1) is 6.04 Å². The number of benzene rings is 1. The van der Waals surface area contributed by atoms with Crippen LogP contribution in [0.4, 0.5) is 0 Å². The van der Waals surface area contributed by atoms with Crippen molar-refractivity contribution in [3.8, 4) is 0 Å². The molecular formula is C17H23NO. The third kappa shape index (κ3) is 2.29. The predicted octanol–water partition coefficient (Wildman–Crippen LogP) is 4.03. The molecule has 102 valence electrons. The molecule has 2 fully saturated rings. The van der Waals surface area contributed by atoms with Crippen LogP contribution in [0.5, 0.6) is 0 Å². The molecule has 1 aromatic carbocycles. The molecule has 1 atom stereocenters. The molecule has 1 aliphatic carbocycles. The first-order chi connectivity index (χ1) is 8.98. The molecule has 1 aromatic rings. The SMILES string of the molecule is CC(C)(C)N1C(=O)CCC1c1ccccc1C1CC1. The summed E-state index contributed by atoms with van der Waals surface area (Å²) in [5, 5.41) is 0. The molecule has 1 amide bonds. The van der Waals surface area contributed by atoms with Crippen LogP contribution in [0.3, 0.4) is 0 Å². The third-order valence-corrected chi connectivity index (χ3v) is 4.31. The van der Waals surface area contributed by atoms with Gasteiger partial charge < -0.3 is 4.90 Å². The van der Waals surface area contributed by atoms with Gasteiger partial charge in [-0.05, 0) is 57.1 Å². The topological polar surface area (TPSA) is 20.3 Å². The van der Waals surface area contributed by atoms with Gasteiger partial charge in [0.15, 0.2) is 0 Å². The smallest absolute Gasteiger partial charge is 0.223 e. The molecule has 0 bridgehead atoms. The van der Waals surface area contributed by atoms with E-state index in [4.69, 9.17) is 0 Å². The lowest BCUT2D eigenvalue weighted by molar-refractivity contribution is -0.133. The van der Waals surface area contributed by atoms with E-state index < -0.39 is 0 Å². The maximum atomic E-state index is 12.2. The first-order valence-electron chi connectivity index (χ1n) is 7.39. The molecule has 3 rings (SSSR count). The van der Waals surface area contributed by atoms with Crippen molar-refractivity contribution in [2.24, 2.45) is 0 Å². The van der Waals surface area contributed by atoms with E-state index in [1.54, 1.807) is 0 Å². The minimum atomic E-state index is -0.0884. The highest BCUT2D eigenvalue weighted by atomic mass is 16.2. The quantitative estimate of drug-likeness (QED) is 0.783. The van der Waals surface area contributed by atoms with E-state index in [0.717, 1.165) is 12.3 Å². The zero-order valence-corrected chi connectivity index (χ0v) is 12.1. The highest BCUT2D eigenvalue weighted by Gasteiger charge is 2.40. The lowest BCUT2D eigenvalue weighted by Gasteiger charge is -2.38. The van der Waals surface area contributed by atoms with Crippen molar-refractivity contribution in [1.29, 1.82) is 0 Å². The normalized spacial score (nSPS) is 24.1. The molecule has 0 spiro atoms. The van der Waals surface area contributed by atoms with Crippen LogP contribution < -0.4 is 0 Å². The Morgan fingerprint density at radius 3 is 2.26 bits per heavy atom. The van der Waals surface area contributed by atoms with Crippen molar-refractivity contribution in [3.05, 3.63) is 35.4 Å². The minimum Gasteiger partial charge on any atom is -0.331 e. The average Bonchev–Trinajstić information content (AvgIpc) is 3.11. The molecule has 1 aliphatic heterocycles. The van der Waals surface area contributed by atoms with Crippen LogP contribution in [0.25, 0.3) is 0 Å². The number of hydrogen-bond acceptors (Lipinski definition) is 1. The van der Waals surface area contributed by atoms with Gasteiger partial charge in [-0.25, -0.2) is 0 Å². The molecule has 2 aliphatic rings. The summed E-state index contributed by atoms with van der Waals surface area (Å²) >= 11 is 0. The van der Waals surface area contributed by atoms with E-state index in [1.165, 1.54) is 24.0 Å². The van der Waals surface area contributed by atoms with Crippen LogP contribution in [-0.2, 0) is 4.79 Å². The standard InChI is InChI=1S/C17H23NO/c1-17(2,3)18-15(10-11-16(18)19)14-7-5-4-6-13(14)12-8-9-12/h4-7,12,15H,8-11H2,1-3H3. The van der Waals surface area contributed by atoms with Crippen LogP contribution in [-0.4, -0.2) is 16.3 Å². The fraction of sp³-hybridized carbons (Fsp3) is 0.588. The zero-order chi connectivity index (χ0) is 13.6. The van der Waals surface area contributed by atoms with Gasteiger partial charge in [0, 0.05) is 12.0 Å². The van der Waals surface area contributed by atoms with E-state index in [-0.39, 0.29) is 11.6 Å². The van der Waals surface area contributed by atoms with E-state index in [1.807, 2.05) is 0 Å². The number of carbonyl (C=O) groups is 1. The summed E-state index contributed by atoms with van der Waals surface area (Å²) < 4.78 is 0. The Morgan fingerprint density at radius 2 is 1.68 bits per heavy atom. The Balaban J connectivity index is 1.99. The monoisotopic (exact) mass is 257 g/mol. The predicted molar refractivity (Wildman–Crippen MR) is 77.0 cm³/mol. The van der Waals surface area contributed by atoms with Crippen molar-refractivity contribution in [2.75, 3.05) is 0 Å². The second kappa shape index (κ2) is 4.36. The summed E-state index contributed by atoms with van der Waals surface area (Å²) in [4.78, 5) is 14.3. The van der Waals surface area contributed by atoms with Gasteiger partial charge in [-0.1, -0.05) is 24.3 Å². The fourth-order valence-electron chi connectivity index (χ4n) is 3.40. The van der Waals surface area contributed by atoms with Crippen LogP contribution in [0, 0.1) is 0 Å². The van der Waals surface area contributed by atoms with Gasteiger partial charge in [-0.3, -0.25) is 4.79 Å². The maximum Gasteiger partial charge on any atom is 0.223 e. The molecule has 1 saturated carbocycles. The fourth-order valence-corrected chi connectivity index (χ4v) is 3.40. The van der Waals surface area contributed by atoms with E-state index in [2.05, 4.69) is 49.9 Å². The molecule has 2 heteroatoms. The van der Waals surface area contributed by atoms with Crippen molar-refractivity contribution in [1.82, 2.24) is 4.90 Å². The van der Waals surface area contributed by atoms with Gasteiger partial charge >= 0.3 is 0 Å². The minimum absolute atomic E-state index is 0.0884. The van der Waals surface area contributed by atoms with Gasteiger partial charge in [0.1, 0.15) is 0 Å². The molecule has 1 unspecified atom stereocenters. The molecule has 2 nitrogen and oxygen atoms in total. The second-order valence-corrected chi connectivity index (χ2v) is 6.89. The molecule has 0 aromatic heterocycles. The first kappa shape index (κ1) is 12.7. The summed E-state index contributed by atoms with van der Waals surface area (Å²) in [5.74, 6) is 1.05. The molecule has 1 heterocycles.